The molecular weight excluding hydrogens is 348 g/mol. The average molecular weight is 366 g/mol. The SMILES string of the molecule is O=C(O)[C@@H](Cc1c[nH]c2ccccc12)NC(=O)[C@H]1COc2ccccc2O1. The molecule has 2 atom stereocenters. The number of carbonyl (C=O) groups excluding carboxylic acids is 1. The molecule has 7 heteroatoms. The number of nitrogens with one attached hydrogen (secondary N) is 2. The van der Waals surface area contributed by atoms with Crippen LogP contribution in [-0.2, 0) is 16.0 Å². The summed E-state index contributed by atoms with van der Waals surface area (Å²) in [6.45, 7) is 0.0300. The van der Waals surface area contributed by atoms with Gasteiger partial charge in [0.15, 0.2) is 11.5 Å². The predicted molar refractivity (Wildman–Crippen MR) is 97.9 cm³/mol. The molecule has 1 aliphatic heterocycles. The second-order valence-corrected chi connectivity index (χ2v) is 6.33. The normalized spacial score (nSPS) is 16.7. The molecule has 0 spiro atoms. The lowest BCUT2D eigenvalue weighted by molar-refractivity contribution is -0.143. The molecule has 0 fully saturated rings. The first-order valence-electron chi connectivity index (χ1n) is 8.58. The molecular formula is C20H18N2O5. The number of hydrogen-bond acceptors (Lipinski definition) is 4. The lowest BCUT2D eigenvalue weighted by Crippen LogP contribution is -2.50. The van der Waals surface area contributed by atoms with E-state index in [9.17, 15) is 14.7 Å². The number of para-hydroxylation sites is 3. The Kier molecular flexibility index (Phi) is 4.42. The monoisotopic (exact) mass is 366 g/mol. The van der Waals surface area contributed by atoms with E-state index < -0.39 is 24.0 Å². The van der Waals surface area contributed by atoms with Crippen molar-refractivity contribution < 1.29 is 24.2 Å². The van der Waals surface area contributed by atoms with Crippen molar-refractivity contribution in [2.75, 3.05) is 6.61 Å². The first-order valence-corrected chi connectivity index (χ1v) is 8.58. The van der Waals surface area contributed by atoms with Crippen LogP contribution in [-0.4, -0.2) is 40.7 Å². The Morgan fingerprint density at radius 3 is 2.70 bits per heavy atom. The summed E-state index contributed by atoms with van der Waals surface area (Å²) < 4.78 is 11.2. The number of aliphatic carboxylic acids is 1. The topological polar surface area (TPSA) is 101 Å². The number of ether oxygens (including phenoxy) is 2. The van der Waals surface area contributed by atoms with Crippen LogP contribution in [0.15, 0.2) is 54.7 Å². The highest BCUT2D eigenvalue weighted by Crippen LogP contribution is 2.31. The maximum Gasteiger partial charge on any atom is 0.326 e. The van der Waals surface area contributed by atoms with Gasteiger partial charge < -0.3 is 24.9 Å². The highest BCUT2D eigenvalue weighted by Gasteiger charge is 2.31. The quantitative estimate of drug-likeness (QED) is 0.642. The van der Waals surface area contributed by atoms with Gasteiger partial charge in [-0.05, 0) is 23.8 Å². The summed E-state index contributed by atoms with van der Waals surface area (Å²) in [5.74, 6) is -0.593. The Balaban J connectivity index is 1.47. The Labute approximate surface area is 154 Å². The number of carbonyl (C=O) groups is 2. The van der Waals surface area contributed by atoms with Gasteiger partial charge in [0, 0.05) is 23.5 Å². The third kappa shape index (κ3) is 3.44. The molecule has 2 heterocycles. The molecule has 4 rings (SSSR count). The molecule has 0 saturated heterocycles. The van der Waals surface area contributed by atoms with Gasteiger partial charge in [-0.15, -0.1) is 0 Å². The van der Waals surface area contributed by atoms with Crippen molar-refractivity contribution in [3.8, 4) is 11.5 Å². The number of amides is 1. The molecule has 0 unspecified atom stereocenters. The summed E-state index contributed by atoms with van der Waals surface area (Å²) in [4.78, 5) is 27.3. The van der Waals surface area contributed by atoms with E-state index in [0.717, 1.165) is 16.5 Å². The van der Waals surface area contributed by atoms with Gasteiger partial charge >= 0.3 is 5.97 Å². The van der Waals surface area contributed by atoms with Crippen molar-refractivity contribution in [1.29, 1.82) is 0 Å². The number of aromatic nitrogens is 1. The van der Waals surface area contributed by atoms with Crippen LogP contribution in [0.5, 0.6) is 11.5 Å². The Morgan fingerprint density at radius 1 is 1.15 bits per heavy atom. The summed E-state index contributed by atoms with van der Waals surface area (Å²) >= 11 is 0. The second-order valence-electron chi connectivity index (χ2n) is 6.33. The van der Waals surface area contributed by atoms with Crippen LogP contribution in [0.4, 0.5) is 0 Å². The van der Waals surface area contributed by atoms with E-state index in [2.05, 4.69) is 10.3 Å². The van der Waals surface area contributed by atoms with Gasteiger partial charge in [-0.1, -0.05) is 30.3 Å². The summed E-state index contributed by atoms with van der Waals surface area (Å²) in [7, 11) is 0. The van der Waals surface area contributed by atoms with E-state index in [1.165, 1.54) is 0 Å². The number of carboxylic acids is 1. The van der Waals surface area contributed by atoms with E-state index in [-0.39, 0.29) is 13.0 Å². The van der Waals surface area contributed by atoms with Gasteiger partial charge in [-0.3, -0.25) is 4.79 Å². The summed E-state index contributed by atoms with van der Waals surface area (Å²) in [5, 5.41) is 13.0. The lowest BCUT2D eigenvalue weighted by Gasteiger charge is -2.26. The van der Waals surface area contributed by atoms with Crippen molar-refractivity contribution in [2.24, 2.45) is 0 Å². The zero-order valence-corrected chi connectivity index (χ0v) is 14.3. The van der Waals surface area contributed by atoms with Gasteiger partial charge in [-0.2, -0.15) is 0 Å². The molecule has 27 heavy (non-hydrogen) atoms. The fraction of sp³-hybridized carbons (Fsp3) is 0.200. The highest BCUT2D eigenvalue weighted by atomic mass is 16.6. The van der Waals surface area contributed by atoms with Crippen LogP contribution in [0.3, 0.4) is 0 Å². The fourth-order valence-corrected chi connectivity index (χ4v) is 3.13. The smallest absolute Gasteiger partial charge is 0.326 e. The number of carboxylic acid groups (broad SMARTS) is 1. The first-order chi connectivity index (χ1) is 13.1. The summed E-state index contributed by atoms with van der Waals surface area (Å²) in [5.41, 5.74) is 1.74. The standard InChI is InChI=1S/C20H18N2O5/c23-19(18-11-26-16-7-3-4-8-17(16)27-18)22-15(20(24)25)9-12-10-21-14-6-2-1-5-13(12)14/h1-8,10,15,18,21H,9,11H2,(H,22,23)(H,24,25)/t15-,18-/m1/s1. The molecule has 3 N–H and O–H groups in total. The van der Waals surface area contributed by atoms with Crippen LogP contribution in [0.2, 0.25) is 0 Å². The average Bonchev–Trinajstić information content (AvgIpc) is 3.10. The summed E-state index contributed by atoms with van der Waals surface area (Å²) in [6.07, 6.45) is 1.03. The molecule has 0 aliphatic carbocycles. The predicted octanol–water partition coefficient (Wildman–Crippen LogP) is 2.12. The largest absolute Gasteiger partial charge is 0.485 e. The van der Waals surface area contributed by atoms with Crippen molar-refractivity contribution in [2.45, 2.75) is 18.6 Å². The molecule has 1 aromatic heterocycles. The molecule has 0 bridgehead atoms. The fourth-order valence-electron chi connectivity index (χ4n) is 3.13. The number of aromatic amines is 1. The van der Waals surface area contributed by atoms with E-state index in [4.69, 9.17) is 9.47 Å². The number of rotatable bonds is 5. The van der Waals surface area contributed by atoms with E-state index >= 15 is 0 Å². The lowest BCUT2D eigenvalue weighted by atomic mass is 10.0. The molecule has 1 amide bonds. The van der Waals surface area contributed by atoms with Gasteiger partial charge in [0.25, 0.3) is 5.91 Å². The number of benzene rings is 2. The molecule has 0 saturated carbocycles. The Morgan fingerprint density at radius 2 is 1.89 bits per heavy atom. The minimum Gasteiger partial charge on any atom is -0.485 e. The highest BCUT2D eigenvalue weighted by molar-refractivity contribution is 5.88. The molecule has 138 valence electrons. The zero-order chi connectivity index (χ0) is 18.8. The molecule has 1 aliphatic rings. The van der Waals surface area contributed by atoms with Crippen LogP contribution < -0.4 is 14.8 Å². The molecule has 7 nitrogen and oxygen atoms in total. The zero-order valence-electron chi connectivity index (χ0n) is 14.3. The third-order valence-corrected chi connectivity index (χ3v) is 4.51. The van der Waals surface area contributed by atoms with Gasteiger partial charge in [0.1, 0.15) is 12.6 Å². The number of H-pyrrole nitrogens is 1. The van der Waals surface area contributed by atoms with Crippen LogP contribution in [0.1, 0.15) is 5.56 Å². The van der Waals surface area contributed by atoms with Gasteiger partial charge in [-0.25, -0.2) is 4.79 Å². The van der Waals surface area contributed by atoms with Gasteiger partial charge in [0.05, 0.1) is 0 Å². The Bertz CT molecular complexity index is 997. The third-order valence-electron chi connectivity index (χ3n) is 4.51. The molecule has 2 aromatic carbocycles. The molecule has 0 radical (unpaired) electrons. The minimum absolute atomic E-state index is 0.0300. The van der Waals surface area contributed by atoms with Crippen LogP contribution in [0.25, 0.3) is 10.9 Å². The first kappa shape index (κ1) is 17.0. The minimum atomic E-state index is -1.11. The summed E-state index contributed by atoms with van der Waals surface area (Å²) in [6, 6.07) is 13.6. The van der Waals surface area contributed by atoms with E-state index in [1.54, 1.807) is 24.4 Å². The number of fused-ring (bicyclic) bond motifs is 2. The van der Waals surface area contributed by atoms with Crippen molar-refractivity contribution in [3.63, 3.8) is 0 Å². The molecule has 3 aromatic rings. The second kappa shape index (κ2) is 7.03. The van der Waals surface area contributed by atoms with Crippen LogP contribution in [0, 0.1) is 0 Å². The maximum atomic E-state index is 12.5. The Hall–Kier alpha value is -3.48. The van der Waals surface area contributed by atoms with Crippen LogP contribution >= 0.6 is 0 Å². The number of hydrogen-bond donors (Lipinski definition) is 3. The van der Waals surface area contributed by atoms with E-state index in [1.807, 2.05) is 30.3 Å². The van der Waals surface area contributed by atoms with Crippen molar-refractivity contribution >= 4 is 22.8 Å². The van der Waals surface area contributed by atoms with Crippen molar-refractivity contribution in [1.82, 2.24) is 10.3 Å². The van der Waals surface area contributed by atoms with Gasteiger partial charge in [0.2, 0.25) is 6.10 Å². The maximum absolute atomic E-state index is 12.5. The van der Waals surface area contributed by atoms with E-state index in [0.29, 0.717) is 11.5 Å². The van der Waals surface area contributed by atoms with Crippen molar-refractivity contribution in [3.05, 3.63) is 60.3 Å².